The molecule has 0 saturated carbocycles. The highest BCUT2D eigenvalue weighted by atomic mass is 32.2. The van der Waals surface area contributed by atoms with E-state index in [4.69, 9.17) is 4.98 Å². The summed E-state index contributed by atoms with van der Waals surface area (Å²) in [5.41, 5.74) is 3.05. The van der Waals surface area contributed by atoms with Crippen LogP contribution in [0.25, 0.3) is 16.9 Å². The third-order valence-electron chi connectivity index (χ3n) is 4.67. The minimum atomic E-state index is -3.33. The van der Waals surface area contributed by atoms with Crippen LogP contribution in [0.5, 0.6) is 0 Å². The van der Waals surface area contributed by atoms with Crippen molar-refractivity contribution < 1.29 is 8.42 Å². The van der Waals surface area contributed by atoms with Crippen molar-refractivity contribution >= 4 is 27.2 Å². The van der Waals surface area contributed by atoms with Crippen LogP contribution in [0.1, 0.15) is 0 Å². The molecule has 0 bridgehead atoms. The Balaban J connectivity index is 1.73. The fraction of sp³-hybridized carbons (Fsp3) is 0.333. The lowest BCUT2D eigenvalue weighted by Crippen LogP contribution is -2.45. The molecule has 3 aromatic rings. The van der Waals surface area contributed by atoms with Gasteiger partial charge in [-0.1, -0.05) is 12.1 Å². The Morgan fingerprint density at radius 2 is 1.89 bits per heavy atom. The largest absolute Gasteiger partial charge is 0.351 e. The van der Waals surface area contributed by atoms with Gasteiger partial charge in [-0.15, -0.1) is 0 Å². The number of sulfonamides is 1. The molecule has 3 heterocycles. The number of likely N-dealkylation sites (N-methyl/N-ethyl adjacent to an activating group) is 1. The van der Waals surface area contributed by atoms with Gasteiger partial charge in [0.2, 0.25) is 10.0 Å². The molecule has 8 nitrogen and oxygen atoms in total. The van der Waals surface area contributed by atoms with Gasteiger partial charge in [-0.3, -0.25) is 9.12 Å². The average molecular weight is 386 g/mol. The number of benzene rings is 1. The number of fused-ring (bicyclic) bond motifs is 1. The molecule has 1 aliphatic rings. The summed E-state index contributed by atoms with van der Waals surface area (Å²) in [5.74, 6) is 0.877. The second kappa shape index (κ2) is 6.82. The van der Waals surface area contributed by atoms with Crippen LogP contribution in [0, 0.1) is 0 Å². The second-order valence-corrected chi connectivity index (χ2v) is 8.58. The second-order valence-electron chi connectivity index (χ2n) is 6.83. The number of aromatic nitrogens is 3. The van der Waals surface area contributed by atoms with Gasteiger partial charge < -0.3 is 9.80 Å². The van der Waals surface area contributed by atoms with E-state index < -0.39 is 10.0 Å². The molecular weight excluding hydrogens is 364 g/mol. The molecule has 4 rings (SSSR count). The Morgan fingerprint density at radius 3 is 2.63 bits per heavy atom. The van der Waals surface area contributed by atoms with Gasteiger partial charge in [0.25, 0.3) is 0 Å². The summed E-state index contributed by atoms with van der Waals surface area (Å²) in [4.78, 5) is 13.8. The van der Waals surface area contributed by atoms with Gasteiger partial charge in [0.1, 0.15) is 0 Å². The Morgan fingerprint density at radius 1 is 1.11 bits per heavy atom. The number of nitrogens with zero attached hydrogens (tertiary/aromatic N) is 5. The quantitative estimate of drug-likeness (QED) is 0.732. The highest BCUT2D eigenvalue weighted by Gasteiger charge is 2.20. The van der Waals surface area contributed by atoms with Gasteiger partial charge in [0.05, 0.1) is 18.1 Å². The number of rotatable bonds is 4. The normalized spacial score (nSPS) is 16.0. The van der Waals surface area contributed by atoms with Crippen LogP contribution in [0.4, 0.5) is 11.5 Å². The highest BCUT2D eigenvalue weighted by molar-refractivity contribution is 7.92. The lowest BCUT2D eigenvalue weighted by Gasteiger charge is -2.33. The summed E-state index contributed by atoms with van der Waals surface area (Å²) in [6, 6.07) is 7.27. The topological polar surface area (TPSA) is 82.8 Å². The predicted molar refractivity (Wildman–Crippen MR) is 107 cm³/mol. The molecule has 9 heteroatoms. The fourth-order valence-corrected chi connectivity index (χ4v) is 3.87. The van der Waals surface area contributed by atoms with Crippen molar-refractivity contribution in [2.75, 3.05) is 49.1 Å². The SMILES string of the molecule is CN1CCN(c2ncc(-c3cccc(NS(C)(=O)=O)c3)n3ccnc23)CC1. The maximum absolute atomic E-state index is 11.5. The molecule has 1 fully saturated rings. The average Bonchev–Trinajstić information content (AvgIpc) is 3.10. The molecule has 0 spiro atoms. The molecule has 0 unspecified atom stereocenters. The van der Waals surface area contributed by atoms with E-state index in [2.05, 4.69) is 26.6 Å². The zero-order chi connectivity index (χ0) is 19.0. The summed E-state index contributed by atoms with van der Waals surface area (Å²) < 4.78 is 27.5. The third-order valence-corrected chi connectivity index (χ3v) is 5.28. The van der Waals surface area contributed by atoms with E-state index in [-0.39, 0.29) is 0 Å². The van der Waals surface area contributed by atoms with Crippen LogP contribution < -0.4 is 9.62 Å². The third kappa shape index (κ3) is 3.74. The molecule has 0 atom stereocenters. The van der Waals surface area contributed by atoms with E-state index in [1.807, 2.05) is 28.9 Å². The summed E-state index contributed by atoms with van der Waals surface area (Å²) in [7, 11) is -1.21. The smallest absolute Gasteiger partial charge is 0.229 e. The molecule has 27 heavy (non-hydrogen) atoms. The van der Waals surface area contributed by atoms with E-state index in [9.17, 15) is 8.42 Å². The van der Waals surface area contributed by atoms with E-state index >= 15 is 0 Å². The van der Waals surface area contributed by atoms with Crippen molar-refractivity contribution in [3.63, 3.8) is 0 Å². The van der Waals surface area contributed by atoms with Crippen molar-refractivity contribution in [2.24, 2.45) is 0 Å². The maximum atomic E-state index is 11.5. The molecule has 0 amide bonds. The first-order valence-electron chi connectivity index (χ1n) is 8.74. The van der Waals surface area contributed by atoms with Crippen LogP contribution in [-0.2, 0) is 10.0 Å². The van der Waals surface area contributed by atoms with E-state index in [1.165, 1.54) is 0 Å². The number of imidazole rings is 1. The van der Waals surface area contributed by atoms with Gasteiger partial charge >= 0.3 is 0 Å². The Bertz CT molecular complexity index is 1070. The number of nitrogens with one attached hydrogen (secondary N) is 1. The van der Waals surface area contributed by atoms with Crippen LogP contribution in [0.3, 0.4) is 0 Å². The van der Waals surface area contributed by atoms with Crippen LogP contribution in [0.2, 0.25) is 0 Å². The summed E-state index contributed by atoms with van der Waals surface area (Å²) in [6.07, 6.45) is 6.63. The van der Waals surface area contributed by atoms with Gasteiger partial charge in [-0.05, 0) is 19.2 Å². The Labute approximate surface area is 158 Å². The van der Waals surface area contributed by atoms with E-state index in [0.29, 0.717) is 5.69 Å². The van der Waals surface area contributed by atoms with Crippen molar-refractivity contribution in [1.82, 2.24) is 19.3 Å². The van der Waals surface area contributed by atoms with Crippen LogP contribution >= 0.6 is 0 Å². The Hall–Kier alpha value is -2.65. The number of piperazine rings is 1. The van der Waals surface area contributed by atoms with Crippen molar-refractivity contribution in [1.29, 1.82) is 0 Å². The van der Waals surface area contributed by atoms with Crippen LogP contribution in [-0.4, -0.2) is 67.2 Å². The molecule has 1 saturated heterocycles. The van der Waals surface area contributed by atoms with E-state index in [0.717, 1.165) is 55.2 Å². The number of anilines is 2. The predicted octanol–water partition coefficient (Wildman–Crippen LogP) is 1.52. The van der Waals surface area contributed by atoms with Crippen molar-refractivity contribution in [3.05, 3.63) is 42.9 Å². The zero-order valence-corrected chi connectivity index (χ0v) is 16.1. The number of hydrogen-bond acceptors (Lipinski definition) is 6. The molecule has 1 aromatic carbocycles. The summed E-state index contributed by atoms with van der Waals surface area (Å²) in [5, 5.41) is 0. The maximum Gasteiger partial charge on any atom is 0.229 e. The molecule has 0 aliphatic carbocycles. The van der Waals surface area contributed by atoms with Gasteiger partial charge in [0, 0.05) is 49.8 Å². The minimum Gasteiger partial charge on any atom is -0.351 e. The lowest BCUT2D eigenvalue weighted by molar-refractivity contribution is 0.312. The first kappa shape index (κ1) is 17.7. The lowest BCUT2D eigenvalue weighted by atomic mass is 10.1. The van der Waals surface area contributed by atoms with Crippen molar-refractivity contribution in [3.8, 4) is 11.3 Å². The molecule has 142 valence electrons. The minimum absolute atomic E-state index is 0.520. The van der Waals surface area contributed by atoms with Crippen LogP contribution in [0.15, 0.2) is 42.9 Å². The van der Waals surface area contributed by atoms with E-state index in [1.54, 1.807) is 18.3 Å². The zero-order valence-electron chi connectivity index (χ0n) is 15.3. The summed E-state index contributed by atoms with van der Waals surface area (Å²) >= 11 is 0. The Kier molecular flexibility index (Phi) is 4.48. The first-order chi connectivity index (χ1) is 12.9. The van der Waals surface area contributed by atoms with Crippen molar-refractivity contribution in [2.45, 2.75) is 0 Å². The number of hydrogen-bond donors (Lipinski definition) is 1. The highest BCUT2D eigenvalue weighted by Crippen LogP contribution is 2.27. The molecule has 1 N–H and O–H groups in total. The monoisotopic (exact) mass is 386 g/mol. The fourth-order valence-electron chi connectivity index (χ4n) is 3.32. The van der Waals surface area contributed by atoms with Gasteiger partial charge in [0.15, 0.2) is 11.5 Å². The summed E-state index contributed by atoms with van der Waals surface area (Å²) in [6.45, 7) is 3.82. The van der Waals surface area contributed by atoms with Gasteiger partial charge in [-0.2, -0.15) is 0 Å². The van der Waals surface area contributed by atoms with Gasteiger partial charge in [-0.25, -0.2) is 18.4 Å². The first-order valence-corrected chi connectivity index (χ1v) is 10.6. The molecule has 2 aromatic heterocycles. The molecular formula is C18H22N6O2S. The standard InChI is InChI=1S/C18H22N6O2S/c1-22-8-10-23(11-9-22)17-18-19-6-7-24(18)16(13-20-17)14-4-3-5-15(12-14)21-27(2,25)26/h3-7,12-13,21H,8-11H2,1-2H3. The molecule has 1 aliphatic heterocycles. The molecule has 0 radical (unpaired) electrons.